The number of carbonyl (C=O) groups excluding carboxylic acids is 1. The first-order valence-corrected chi connectivity index (χ1v) is 11.3. The van der Waals surface area contributed by atoms with Gasteiger partial charge in [-0.15, -0.1) is 5.10 Å². The van der Waals surface area contributed by atoms with Crippen LogP contribution in [0, 0.1) is 0 Å². The molecule has 0 radical (unpaired) electrons. The number of hydrogen-bond donors (Lipinski definition) is 0. The van der Waals surface area contributed by atoms with E-state index >= 15 is 0 Å². The van der Waals surface area contributed by atoms with Gasteiger partial charge in [-0.1, -0.05) is 47.6 Å². The lowest BCUT2D eigenvalue weighted by Gasteiger charge is -2.23. The van der Waals surface area contributed by atoms with E-state index in [2.05, 4.69) is 15.1 Å². The summed E-state index contributed by atoms with van der Waals surface area (Å²) in [6.45, 7) is 0. The van der Waals surface area contributed by atoms with Crippen molar-refractivity contribution in [3.8, 4) is 5.75 Å². The summed E-state index contributed by atoms with van der Waals surface area (Å²) < 4.78 is 6.84. The van der Waals surface area contributed by atoms with Crippen molar-refractivity contribution < 1.29 is 9.53 Å². The zero-order valence-electron chi connectivity index (χ0n) is 16.8. The van der Waals surface area contributed by atoms with E-state index in [1.54, 1.807) is 17.8 Å². The molecular formula is C23H19ClN4O2S. The molecule has 2 aromatic heterocycles. The molecule has 2 aromatic carbocycles. The van der Waals surface area contributed by atoms with Crippen LogP contribution in [0.4, 0.5) is 0 Å². The van der Waals surface area contributed by atoms with E-state index in [-0.39, 0.29) is 11.7 Å². The van der Waals surface area contributed by atoms with Crippen LogP contribution in [-0.4, -0.2) is 32.5 Å². The highest BCUT2D eigenvalue weighted by Crippen LogP contribution is 2.33. The minimum absolute atomic E-state index is 0.0855. The number of fused-ring (bicyclic) bond motifs is 2. The molecule has 1 atom stereocenters. The number of Topliss-reactive ketones (excluding diaryl/α,β-unsaturated/α-hetero) is 1. The average molecular weight is 451 g/mol. The number of rotatable bonds is 5. The van der Waals surface area contributed by atoms with Gasteiger partial charge in [-0.3, -0.25) is 4.79 Å². The molecule has 31 heavy (non-hydrogen) atoms. The average Bonchev–Trinajstić information content (AvgIpc) is 3.19. The summed E-state index contributed by atoms with van der Waals surface area (Å²) in [5, 5.41) is 5.84. The highest BCUT2D eigenvalue weighted by Gasteiger charge is 2.28. The summed E-state index contributed by atoms with van der Waals surface area (Å²) in [4.78, 5) is 22.1. The smallest absolute Gasteiger partial charge is 0.253 e. The van der Waals surface area contributed by atoms with Gasteiger partial charge in [-0.05, 0) is 47.7 Å². The molecule has 0 aliphatic heterocycles. The zero-order valence-corrected chi connectivity index (χ0v) is 18.4. The number of methoxy groups -OCH3 is 1. The van der Waals surface area contributed by atoms with Crippen molar-refractivity contribution in [3.05, 3.63) is 82.1 Å². The Kier molecular flexibility index (Phi) is 5.38. The van der Waals surface area contributed by atoms with Crippen molar-refractivity contribution in [1.29, 1.82) is 0 Å². The van der Waals surface area contributed by atoms with Crippen LogP contribution in [-0.2, 0) is 12.2 Å². The maximum absolute atomic E-state index is 12.8. The Hall–Kier alpha value is -2.90. The van der Waals surface area contributed by atoms with Crippen molar-refractivity contribution in [2.75, 3.05) is 7.11 Å². The largest absolute Gasteiger partial charge is 0.497 e. The number of halogens is 1. The molecule has 0 N–H and O–H groups in total. The molecule has 4 aromatic rings. The van der Waals surface area contributed by atoms with Gasteiger partial charge in [0.05, 0.1) is 18.4 Å². The lowest BCUT2D eigenvalue weighted by atomic mass is 9.82. The molecule has 156 valence electrons. The van der Waals surface area contributed by atoms with Crippen LogP contribution in [0.2, 0.25) is 5.02 Å². The first-order chi connectivity index (χ1) is 15.1. The molecule has 0 saturated heterocycles. The van der Waals surface area contributed by atoms with Crippen LogP contribution < -0.4 is 4.74 Å². The minimum Gasteiger partial charge on any atom is -0.497 e. The molecule has 6 nitrogen and oxygen atoms in total. The highest BCUT2D eigenvalue weighted by molar-refractivity contribution is 7.98. The summed E-state index contributed by atoms with van der Waals surface area (Å²) in [7, 11) is 1.64. The third-order valence-corrected chi connectivity index (χ3v) is 6.59. The van der Waals surface area contributed by atoms with Gasteiger partial charge < -0.3 is 4.74 Å². The molecule has 0 fully saturated rings. The molecule has 5 rings (SSSR count). The van der Waals surface area contributed by atoms with E-state index in [1.807, 2.05) is 48.5 Å². The SMILES string of the molecule is COc1ccc([C@H]2CC(=O)c3cn4nc(SCc5ccc(Cl)cc5)nc4nc3C2)cc1. The van der Waals surface area contributed by atoms with Crippen molar-refractivity contribution in [2.24, 2.45) is 0 Å². The number of ketones is 1. The van der Waals surface area contributed by atoms with Crippen LogP contribution in [0.5, 0.6) is 5.75 Å². The highest BCUT2D eigenvalue weighted by atomic mass is 35.5. The number of aromatic nitrogens is 4. The number of carbonyl (C=O) groups is 1. The summed E-state index contributed by atoms with van der Waals surface area (Å²) in [5.74, 6) is 2.23. The predicted molar refractivity (Wildman–Crippen MR) is 120 cm³/mol. The number of thioether (sulfide) groups is 1. The molecule has 1 aliphatic rings. The summed E-state index contributed by atoms with van der Waals surface area (Å²) in [5.41, 5.74) is 3.67. The second-order valence-corrected chi connectivity index (χ2v) is 8.84. The van der Waals surface area contributed by atoms with Crippen LogP contribution in [0.1, 0.15) is 39.5 Å². The molecular weight excluding hydrogens is 432 g/mol. The lowest BCUT2D eigenvalue weighted by Crippen LogP contribution is -2.21. The quantitative estimate of drug-likeness (QED) is 0.399. The third kappa shape index (κ3) is 4.16. The van der Waals surface area contributed by atoms with E-state index in [0.717, 1.165) is 28.3 Å². The summed E-state index contributed by atoms with van der Waals surface area (Å²) in [6, 6.07) is 15.6. The topological polar surface area (TPSA) is 69.4 Å². The molecule has 0 bridgehead atoms. The second kappa shape index (κ2) is 8.32. The second-order valence-electron chi connectivity index (χ2n) is 7.46. The van der Waals surface area contributed by atoms with E-state index in [0.29, 0.717) is 34.4 Å². The van der Waals surface area contributed by atoms with Gasteiger partial charge in [0.15, 0.2) is 5.78 Å². The predicted octanol–water partition coefficient (Wildman–Crippen LogP) is 4.99. The van der Waals surface area contributed by atoms with Crippen molar-refractivity contribution in [1.82, 2.24) is 19.6 Å². The van der Waals surface area contributed by atoms with Gasteiger partial charge in [-0.2, -0.15) is 4.98 Å². The molecule has 2 heterocycles. The standard InChI is InChI=1S/C23H19ClN4O2S/c1-30-18-8-4-15(5-9-18)16-10-20-19(21(29)11-16)12-28-22(25-20)26-23(27-28)31-13-14-2-6-17(24)7-3-14/h2-9,12,16H,10-11,13H2,1H3/t16-/m1/s1. The van der Waals surface area contributed by atoms with Crippen LogP contribution in [0.25, 0.3) is 5.78 Å². The Morgan fingerprint density at radius 3 is 2.61 bits per heavy atom. The Morgan fingerprint density at radius 1 is 1.10 bits per heavy atom. The monoisotopic (exact) mass is 450 g/mol. The first-order valence-electron chi connectivity index (χ1n) is 9.90. The first kappa shape index (κ1) is 20.0. The Balaban J connectivity index is 1.38. The third-order valence-electron chi connectivity index (χ3n) is 5.43. The van der Waals surface area contributed by atoms with Gasteiger partial charge in [0.1, 0.15) is 5.75 Å². The molecule has 0 amide bonds. The fourth-order valence-electron chi connectivity index (χ4n) is 3.77. The zero-order chi connectivity index (χ0) is 21.4. The van der Waals surface area contributed by atoms with Crippen LogP contribution in [0.3, 0.4) is 0 Å². The molecule has 8 heteroatoms. The van der Waals surface area contributed by atoms with Crippen molar-refractivity contribution in [3.63, 3.8) is 0 Å². The number of hydrogen-bond acceptors (Lipinski definition) is 6. The van der Waals surface area contributed by atoms with Crippen molar-refractivity contribution in [2.45, 2.75) is 29.7 Å². The van der Waals surface area contributed by atoms with Gasteiger partial charge in [0.25, 0.3) is 5.78 Å². The van der Waals surface area contributed by atoms with Crippen molar-refractivity contribution >= 4 is 34.9 Å². The molecule has 0 spiro atoms. The lowest BCUT2D eigenvalue weighted by molar-refractivity contribution is 0.0962. The number of nitrogens with zero attached hydrogens (tertiary/aromatic N) is 4. The molecule has 0 unspecified atom stereocenters. The van der Waals surface area contributed by atoms with Gasteiger partial charge in [-0.25, -0.2) is 9.50 Å². The Morgan fingerprint density at radius 2 is 1.87 bits per heavy atom. The fourth-order valence-corrected chi connectivity index (χ4v) is 4.67. The van der Waals surface area contributed by atoms with Gasteiger partial charge in [0.2, 0.25) is 5.16 Å². The maximum atomic E-state index is 12.8. The number of benzene rings is 2. The normalized spacial score (nSPS) is 15.8. The van der Waals surface area contributed by atoms with E-state index in [4.69, 9.17) is 16.3 Å². The Bertz CT molecular complexity index is 1260. The summed E-state index contributed by atoms with van der Waals surface area (Å²) >= 11 is 7.47. The molecule has 1 aliphatic carbocycles. The van der Waals surface area contributed by atoms with Gasteiger partial charge >= 0.3 is 0 Å². The summed E-state index contributed by atoms with van der Waals surface area (Å²) in [6.07, 6.45) is 2.92. The fraction of sp³-hybridized carbons (Fsp3) is 0.217. The van der Waals surface area contributed by atoms with E-state index in [1.165, 1.54) is 11.8 Å². The Labute approximate surface area is 188 Å². The van der Waals surface area contributed by atoms with E-state index in [9.17, 15) is 4.79 Å². The van der Waals surface area contributed by atoms with E-state index < -0.39 is 0 Å². The minimum atomic E-state index is 0.0855. The van der Waals surface area contributed by atoms with Crippen LogP contribution >= 0.6 is 23.4 Å². The molecule has 0 saturated carbocycles. The maximum Gasteiger partial charge on any atom is 0.253 e. The van der Waals surface area contributed by atoms with Crippen LogP contribution in [0.15, 0.2) is 59.9 Å². The number of ether oxygens (including phenoxy) is 1. The van der Waals surface area contributed by atoms with Gasteiger partial charge in [0, 0.05) is 23.4 Å².